The predicted molar refractivity (Wildman–Crippen MR) is 109 cm³/mol. The smallest absolute Gasteiger partial charge is 0.222 e. The van der Waals surface area contributed by atoms with Crippen molar-refractivity contribution in [2.24, 2.45) is 0 Å². The van der Waals surface area contributed by atoms with Gasteiger partial charge in [-0.15, -0.1) is 0 Å². The van der Waals surface area contributed by atoms with Gasteiger partial charge < -0.3 is 19.5 Å². The molecule has 1 saturated heterocycles. The number of aliphatic hydroxyl groups is 1. The summed E-state index contributed by atoms with van der Waals surface area (Å²) in [6.45, 7) is 0.955. The lowest BCUT2D eigenvalue weighted by Gasteiger charge is -2.38. The fourth-order valence-corrected chi connectivity index (χ4v) is 3.77. The van der Waals surface area contributed by atoms with Crippen LogP contribution in [-0.4, -0.2) is 48.8 Å². The number of hydrogen-bond acceptors (Lipinski definition) is 4. The number of carbonyl (C=O) groups excluding carboxylic acids is 1. The molecule has 5 nitrogen and oxygen atoms in total. The van der Waals surface area contributed by atoms with E-state index in [1.54, 1.807) is 43.4 Å². The van der Waals surface area contributed by atoms with Crippen LogP contribution in [0.3, 0.4) is 0 Å². The SMILES string of the molecule is COc1cc(CCC(=O)N2CCC(O)(Cc3ccccc3F)CC2)cc(OC)c1. The average Bonchev–Trinajstić information content (AvgIpc) is 2.73. The van der Waals surface area contributed by atoms with E-state index in [1.165, 1.54) is 6.07 Å². The van der Waals surface area contributed by atoms with Crippen molar-refractivity contribution in [1.82, 2.24) is 4.90 Å². The standard InChI is InChI=1S/C23H28FNO4/c1-28-19-13-17(14-20(15-19)29-2)7-8-22(26)25-11-9-23(27,10-12-25)16-18-5-3-4-6-21(18)24/h3-6,13-15,27H,7-12,16H2,1-2H3. The Labute approximate surface area is 171 Å². The lowest BCUT2D eigenvalue weighted by Crippen LogP contribution is -2.47. The number of rotatable bonds is 7. The van der Waals surface area contributed by atoms with E-state index in [0.717, 1.165) is 5.56 Å². The van der Waals surface area contributed by atoms with Crippen molar-refractivity contribution < 1.29 is 23.8 Å². The van der Waals surface area contributed by atoms with Crippen LogP contribution in [-0.2, 0) is 17.6 Å². The van der Waals surface area contributed by atoms with Gasteiger partial charge >= 0.3 is 0 Å². The number of methoxy groups -OCH3 is 2. The minimum Gasteiger partial charge on any atom is -0.497 e. The van der Waals surface area contributed by atoms with Crippen LogP contribution >= 0.6 is 0 Å². The fraction of sp³-hybridized carbons (Fsp3) is 0.435. The first kappa shape index (κ1) is 21.1. The van der Waals surface area contributed by atoms with E-state index < -0.39 is 5.60 Å². The van der Waals surface area contributed by atoms with Crippen LogP contribution in [0.4, 0.5) is 4.39 Å². The zero-order chi connectivity index (χ0) is 20.9. The molecule has 1 fully saturated rings. The number of amides is 1. The number of ether oxygens (including phenoxy) is 2. The molecule has 0 unspecified atom stereocenters. The van der Waals surface area contributed by atoms with E-state index in [0.29, 0.717) is 55.8 Å². The van der Waals surface area contributed by atoms with Gasteiger partial charge in [-0.05, 0) is 48.6 Å². The quantitative estimate of drug-likeness (QED) is 0.773. The van der Waals surface area contributed by atoms with E-state index in [9.17, 15) is 14.3 Å². The summed E-state index contributed by atoms with van der Waals surface area (Å²) in [5.74, 6) is 1.15. The van der Waals surface area contributed by atoms with Crippen molar-refractivity contribution in [3.8, 4) is 11.5 Å². The van der Waals surface area contributed by atoms with Crippen LogP contribution in [0, 0.1) is 5.82 Å². The third kappa shape index (κ3) is 5.48. The van der Waals surface area contributed by atoms with Crippen LogP contribution in [0.2, 0.25) is 0 Å². The summed E-state index contributed by atoms with van der Waals surface area (Å²) in [6.07, 6.45) is 2.12. The first-order valence-corrected chi connectivity index (χ1v) is 9.88. The lowest BCUT2D eigenvalue weighted by molar-refractivity contribution is -0.135. The highest BCUT2D eigenvalue weighted by Gasteiger charge is 2.34. The third-order valence-corrected chi connectivity index (χ3v) is 5.56. The Kier molecular flexibility index (Phi) is 6.75. The van der Waals surface area contributed by atoms with Gasteiger partial charge in [-0.2, -0.15) is 0 Å². The van der Waals surface area contributed by atoms with Crippen molar-refractivity contribution in [1.29, 1.82) is 0 Å². The van der Waals surface area contributed by atoms with Crippen molar-refractivity contribution >= 4 is 5.91 Å². The lowest BCUT2D eigenvalue weighted by atomic mass is 9.85. The minimum absolute atomic E-state index is 0.0553. The van der Waals surface area contributed by atoms with Gasteiger partial charge in [-0.1, -0.05) is 18.2 Å². The molecule has 0 saturated carbocycles. The molecule has 0 spiro atoms. The molecule has 0 bridgehead atoms. The van der Waals surface area contributed by atoms with Crippen molar-refractivity contribution in [2.75, 3.05) is 27.3 Å². The van der Waals surface area contributed by atoms with Gasteiger partial charge in [0.25, 0.3) is 0 Å². The molecule has 29 heavy (non-hydrogen) atoms. The molecule has 1 amide bonds. The van der Waals surface area contributed by atoms with Crippen LogP contribution < -0.4 is 9.47 Å². The van der Waals surface area contributed by atoms with E-state index in [4.69, 9.17) is 9.47 Å². The second-order valence-corrected chi connectivity index (χ2v) is 7.59. The number of aryl methyl sites for hydroxylation is 1. The maximum absolute atomic E-state index is 13.9. The van der Waals surface area contributed by atoms with Crippen molar-refractivity contribution in [2.45, 2.75) is 37.7 Å². The van der Waals surface area contributed by atoms with Crippen molar-refractivity contribution in [3.05, 3.63) is 59.4 Å². The molecule has 1 heterocycles. The zero-order valence-electron chi connectivity index (χ0n) is 17.0. The summed E-state index contributed by atoms with van der Waals surface area (Å²) in [4.78, 5) is 14.4. The fourth-order valence-electron chi connectivity index (χ4n) is 3.77. The number of benzene rings is 2. The number of nitrogens with zero attached hydrogens (tertiary/aromatic N) is 1. The molecule has 2 aromatic carbocycles. The van der Waals surface area contributed by atoms with Crippen molar-refractivity contribution in [3.63, 3.8) is 0 Å². The second-order valence-electron chi connectivity index (χ2n) is 7.59. The molecule has 1 N–H and O–H groups in total. The highest BCUT2D eigenvalue weighted by atomic mass is 19.1. The van der Waals surface area contributed by atoms with Gasteiger partial charge in [0.2, 0.25) is 5.91 Å². The first-order valence-electron chi connectivity index (χ1n) is 9.88. The number of hydrogen-bond donors (Lipinski definition) is 1. The van der Waals surface area contributed by atoms with Gasteiger partial charge in [0, 0.05) is 32.0 Å². The highest BCUT2D eigenvalue weighted by molar-refractivity contribution is 5.76. The predicted octanol–water partition coefficient (Wildman–Crippen LogP) is 3.37. The normalized spacial score (nSPS) is 15.8. The molecule has 3 rings (SSSR count). The Morgan fingerprint density at radius 3 is 2.31 bits per heavy atom. The number of halogens is 1. The molecule has 156 valence electrons. The number of piperidine rings is 1. The molecule has 0 radical (unpaired) electrons. The molecule has 0 aromatic heterocycles. The molecule has 0 aliphatic carbocycles. The van der Waals surface area contributed by atoms with E-state index in [-0.39, 0.29) is 18.1 Å². The Morgan fingerprint density at radius 2 is 1.72 bits per heavy atom. The Balaban J connectivity index is 1.53. The second kappa shape index (κ2) is 9.27. The monoisotopic (exact) mass is 401 g/mol. The molecule has 0 atom stereocenters. The van der Waals surface area contributed by atoms with Crippen LogP contribution in [0.1, 0.15) is 30.4 Å². The Hall–Kier alpha value is -2.60. The van der Waals surface area contributed by atoms with Crippen LogP contribution in [0.15, 0.2) is 42.5 Å². The summed E-state index contributed by atoms with van der Waals surface area (Å²) in [5.41, 5.74) is 0.517. The molecular weight excluding hydrogens is 373 g/mol. The maximum atomic E-state index is 13.9. The Bertz CT molecular complexity index is 824. The summed E-state index contributed by atoms with van der Waals surface area (Å²) < 4.78 is 24.4. The molecule has 1 aliphatic rings. The van der Waals surface area contributed by atoms with E-state index in [1.807, 2.05) is 12.1 Å². The zero-order valence-corrected chi connectivity index (χ0v) is 17.0. The van der Waals surface area contributed by atoms with Gasteiger partial charge in [-0.25, -0.2) is 4.39 Å². The average molecular weight is 401 g/mol. The Morgan fingerprint density at radius 1 is 1.10 bits per heavy atom. The largest absolute Gasteiger partial charge is 0.497 e. The van der Waals surface area contributed by atoms with Gasteiger partial charge in [0.15, 0.2) is 0 Å². The van der Waals surface area contributed by atoms with Gasteiger partial charge in [-0.3, -0.25) is 4.79 Å². The maximum Gasteiger partial charge on any atom is 0.222 e. The van der Waals surface area contributed by atoms with E-state index >= 15 is 0 Å². The van der Waals surface area contributed by atoms with Gasteiger partial charge in [0.05, 0.1) is 19.8 Å². The highest BCUT2D eigenvalue weighted by Crippen LogP contribution is 2.28. The molecular formula is C23H28FNO4. The summed E-state index contributed by atoms with van der Waals surface area (Å²) in [7, 11) is 3.19. The molecule has 1 aliphatic heterocycles. The summed E-state index contributed by atoms with van der Waals surface area (Å²) >= 11 is 0. The number of likely N-dealkylation sites (tertiary alicyclic amines) is 1. The third-order valence-electron chi connectivity index (χ3n) is 5.56. The number of carbonyl (C=O) groups is 1. The summed E-state index contributed by atoms with van der Waals surface area (Å²) in [5, 5.41) is 10.8. The molecule has 2 aromatic rings. The van der Waals surface area contributed by atoms with Gasteiger partial charge in [0.1, 0.15) is 17.3 Å². The first-order chi connectivity index (χ1) is 13.9. The van der Waals surface area contributed by atoms with Crippen LogP contribution in [0.25, 0.3) is 0 Å². The van der Waals surface area contributed by atoms with Crippen LogP contribution in [0.5, 0.6) is 11.5 Å². The minimum atomic E-state index is -0.973. The topological polar surface area (TPSA) is 59.0 Å². The molecule has 6 heteroatoms. The summed E-state index contributed by atoms with van der Waals surface area (Å²) in [6, 6.07) is 12.1. The van der Waals surface area contributed by atoms with E-state index in [2.05, 4.69) is 0 Å².